The number of aliphatic hydroxyl groups is 1. The number of alkyl halides is 3. The SMILES string of the molecule is C[C@]1(C(N)=O)COc2c1cc(C(O)(CNC(=O)c1ccc(-c3ncco3)c(OC3CC3)c1)C(F)(F)F)nc2-c1ccc(F)cc1. The highest BCUT2D eigenvalue weighted by atomic mass is 19.4. The molecule has 1 unspecified atom stereocenters. The number of primary amides is 1. The Kier molecular flexibility index (Phi) is 7.26. The molecule has 2 aliphatic rings. The van der Waals surface area contributed by atoms with Crippen molar-refractivity contribution >= 4 is 11.8 Å². The molecular formula is C31H26F4N4O6. The van der Waals surface area contributed by atoms with E-state index < -0.39 is 47.1 Å². The Bertz CT molecular complexity index is 1780. The van der Waals surface area contributed by atoms with Gasteiger partial charge < -0.3 is 30.0 Å². The van der Waals surface area contributed by atoms with Gasteiger partial charge >= 0.3 is 6.18 Å². The highest BCUT2D eigenvalue weighted by Gasteiger charge is 2.57. The molecule has 4 aromatic rings. The summed E-state index contributed by atoms with van der Waals surface area (Å²) in [6, 6.07) is 9.78. The summed E-state index contributed by atoms with van der Waals surface area (Å²) in [6.45, 7) is -0.262. The summed E-state index contributed by atoms with van der Waals surface area (Å²) in [5.74, 6) is -1.98. The predicted octanol–water partition coefficient (Wildman–Crippen LogP) is 4.40. The highest BCUT2D eigenvalue weighted by Crippen LogP contribution is 2.47. The van der Waals surface area contributed by atoms with Crippen molar-refractivity contribution < 1.29 is 46.1 Å². The van der Waals surface area contributed by atoms with Crippen LogP contribution in [0.3, 0.4) is 0 Å². The van der Waals surface area contributed by atoms with Crippen molar-refractivity contribution in [3.05, 3.63) is 83.6 Å². The molecule has 0 radical (unpaired) electrons. The first kappa shape index (κ1) is 30.1. The van der Waals surface area contributed by atoms with Crippen molar-refractivity contribution in [2.24, 2.45) is 5.73 Å². The lowest BCUT2D eigenvalue weighted by molar-refractivity contribution is -0.265. The fourth-order valence-electron chi connectivity index (χ4n) is 4.91. The number of nitrogens with one attached hydrogen (secondary N) is 1. The van der Waals surface area contributed by atoms with Gasteiger partial charge in [-0.15, -0.1) is 0 Å². The van der Waals surface area contributed by atoms with Crippen molar-refractivity contribution in [2.75, 3.05) is 13.2 Å². The summed E-state index contributed by atoms with van der Waals surface area (Å²) in [4.78, 5) is 33.8. The quantitative estimate of drug-likeness (QED) is 0.232. The molecule has 1 aliphatic carbocycles. The van der Waals surface area contributed by atoms with Crippen LogP contribution in [0.2, 0.25) is 0 Å². The zero-order chi connectivity index (χ0) is 32.1. The van der Waals surface area contributed by atoms with Crippen LogP contribution in [0, 0.1) is 5.82 Å². The maximum atomic E-state index is 14.7. The number of pyridine rings is 1. The first-order chi connectivity index (χ1) is 21.3. The van der Waals surface area contributed by atoms with E-state index in [1.54, 1.807) is 0 Å². The molecule has 45 heavy (non-hydrogen) atoms. The molecule has 0 spiro atoms. The van der Waals surface area contributed by atoms with Crippen molar-refractivity contribution in [3.63, 3.8) is 0 Å². The van der Waals surface area contributed by atoms with Gasteiger partial charge in [0.15, 0.2) is 0 Å². The number of nitrogens with two attached hydrogens (primary N) is 1. The third-order valence-corrected chi connectivity index (χ3v) is 7.86. The number of amides is 2. The zero-order valence-corrected chi connectivity index (χ0v) is 23.7. The van der Waals surface area contributed by atoms with Crippen molar-refractivity contribution in [1.29, 1.82) is 0 Å². The molecule has 0 saturated heterocycles. The first-order valence-corrected chi connectivity index (χ1v) is 13.8. The van der Waals surface area contributed by atoms with Crippen LogP contribution >= 0.6 is 0 Å². The van der Waals surface area contributed by atoms with Crippen LogP contribution < -0.4 is 20.5 Å². The molecule has 14 heteroatoms. The number of carbonyl (C=O) groups excluding carboxylic acids is 2. The van der Waals surface area contributed by atoms with Crippen LogP contribution in [0.4, 0.5) is 17.6 Å². The number of fused-ring (bicyclic) bond motifs is 1. The minimum absolute atomic E-state index is 0.0328. The van der Waals surface area contributed by atoms with Gasteiger partial charge in [-0.25, -0.2) is 14.4 Å². The summed E-state index contributed by atoms with van der Waals surface area (Å²) in [5.41, 5.74) is -0.292. The van der Waals surface area contributed by atoms with Crippen molar-refractivity contribution in [2.45, 2.75) is 43.1 Å². The van der Waals surface area contributed by atoms with Crippen LogP contribution in [-0.2, 0) is 15.8 Å². The van der Waals surface area contributed by atoms with Crippen molar-refractivity contribution in [3.8, 4) is 34.2 Å². The fraction of sp³-hybridized carbons (Fsp3) is 0.290. The molecule has 0 bridgehead atoms. The van der Waals surface area contributed by atoms with E-state index >= 15 is 0 Å². The second-order valence-electron chi connectivity index (χ2n) is 11.1. The number of rotatable bonds is 9. The average Bonchev–Trinajstić information content (AvgIpc) is 3.51. The minimum Gasteiger partial charge on any atom is -0.490 e. The van der Waals surface area contributed by atoms with Crippen LogP contribution in [0.5, 0.6) is 11.5 Å². The number of oxazole rings is 1. The summed E-state index contributed by atoms with van der Waals surface area (Å²) < 4.78 is 74.7. The Morgan fingerprint density at radius 1 is 1.16 bits per heavy atom. The van der Waals surface area contributed by atoms with Gasteiger partial charge in [-0.1, -0.05) is 0 Å². The maximum Gasteiger partial charge on any atom is 0.424 e. The summed E-state index contributed by atoms with van der Waals surface area (Å²) in [7, 11) is 0. The first-order valence-electron chi connectivity index (χ1n) is 13.8. The fourth-order valence-corrected chi connectivity index (χ4v) is 4.91. The highest BCUT2D eigenvalue weighted by molar-refractivity contribution is 5.95. The van der Waals surface area contributed by atoms with E-state index in [0.717, 1.165) is 31.0 Å². The maximum absolute atomic E-state index is 14.7. The Balaban J connectivity index is 1.37. The molecule has 234 valence electrons. The average molecular weight is 627 g/mol. The standard InChI is InChI=1S/C31H26F4N4O6/c1-29(28(36)41)15-44-25-21(29)13-23(39-24(25)16-2-5-18(32)6-3-16)30(42,31(33,34)35)14-38-26(40)17-4-9-20(27-37-10-11-43-27)22(12-17)45-19-7-8-19/h2-6,9-13,19,42H,7-8,14-15H2,1H3,(H2,36,41)(H,38,40)/t29-,30?/m0/s1. The van der Waals surface area contributed by atoms with Gasteiger partial charge in [-0.3, -0.25) is 9.59 Å². The van der Waals surface area contributed by atoms with Crippen LogP contribution in [0.25, 0.3) is 22.7 Å². The summed E-state index contributed by atoms with van der Waals surface area (Å²) in [5, 5.41) is 13.4. The lowest BCUT2D eigenvalue weighted by Gasteiger charge is -2.31. The van der Waals surface area contributed by atoms with Crippen LogP contribution in [-0.4, -0.2) is 52.3 Å². The molecule has 6 rings (SSSR count). The number of aromatic nitrogens is 2. The second-order valence-corrected chi connectivity index (χ2v) is 11.1. The predicted molar refractivity (Wildman–Crippen MR) is 150 cm³/mol. The van der Waals surface area contributed by atoms with E-state index in [9.17, 15) is 32.3 Å². The van der Waals surface area contributed by atoms with E-state index in [1.807, 2.05) is 0 Å². The molecule has 2 atom stereocenters. The van der Waals surface area contributed by atoms with E-state index in [-0.39, 0.29) is 52.5 Å². The lowest BCUT2D eigenvalue weighted by Crippen LogP contribution is -2.51. The number of ether oxygens (including phenoxy) is 2. The van der Waals surface area contributed by atoms with Crippen LogP contribution in [0.15, 0.2) is 65.4 Å². The van der Waals surface area contributed by atoms with Gasteiger partial charge in [-0.05, 0) is 68.3 Å². The van der Waals surface area contributed by atoms with Gasteiger partial charge in [-0.2, -0.15) is 13.2 Å². The zero-order valence-electron chi connectivity index (χ0n) is 23.7. The summed E-state index contributed by atoms with van der Waals surface area (Å²) in [6.07, 6.45) is -1.05. The van der Waals surface area contributed by atoms with Gasteiger partial charge in [0.1, 0.15) is 41.3 Å². The Hall–Kier alpha value is -4.98. The van der Waals surface area contributed by atoms with E-state index in [4.69, 9.17) is 19.6 Å². The third-order valence-electron chi connectivity index (χ3n) is 7.86. The van der Waals surface area contributed by atoms with Gasteiger partial charge in [0.2, 0.25) is 17.4 Å². The molecule has 3 heterocycles. The molecule has 10 nitrogen and oxygen atoms in total. The van der Waals surface area contributed by atoms with Crippen molar-refractivity contribution in [1.82, 2.24) is 15.3 Å². The molecule has 4 N–H and O–H groups in total. The number of benzene rings is 2. The molecule has 1 saturated carbocycles. The van der Waals surface area contributed by atoms with E-state index in [2.05, 4.69) is 15.3 Å². The Morgan fingerprint density at radius 3 is 2.51 bits per heavy atom. The molecule has 1 fully saturated rings. The second kappa shape index (κ2) is 10.9. The number of halogens is 4. The lowest BCUT2D eigenvalue weighted by atomic mass is 9.81. The number of carbonyl (C=O) groups is 2. The molecule has 2 aromatic carbocycles. The Morgan fingerprint density at radius 2 is 1.89 bits per heavy atom. The van der Waals surface area contributed by atoms with Gasteiger partial charge in [0.25, 0.3) is 5.91 Å². The van der Waals surface area contributed by atoms with Crippen LogP contribution in [0.1, 0.15) is 41.4 Å². The monoisotopic (exact) mass is 626 g/mol. The van der Waals surface area contributed by atoms with Gasteiger partial charge in [0.05, 0.1) is 30.1 Å². The molecule has 2 amide bonds. The largest absolute Gasteiger partial charge is 0.490 e. The Labute approximate surface area is 253 Å². The third kappa shape index (κ3) is 5.45. The smallest absolute Gasteiger partial charge is 0.424 e. The molecule has 2 aromatic heterocycles. The number of hydrogen-bond donors (Lipinski definition) is 3. The topological polar surface area (TPSA) is 150 Å². The normalized spacial score (nSPS) is 18.9. The summed E-state index contributed by atoms with van der Waals surface area (Å²) >= 11 is 0. The molecular weight excluding hydrogens is 600 g/mol. The van der Waals surface area contributed by atoms with E-state index in [1.165, 1.54) is 49.7 Å². The molecule has 1 aliphatic heterocycles. The number of nitrogens with zero attached hydrogens (tertiary/aromatic N) is 2. The van der Waals surface area contributed by atoms with E-state index in [0.29, 0.717) is 5.56 Å². The number of hydrogen-bond acceptors (Lipinski definition) is 8. The van der Waals surface area contributed by atoms with Gasteiger partial charge in [0, 0.05) is 16.7 Å². The minimum atomic E-state index is -5.36.